The number of fused-ring (bicyclic) bond motifs is 1. The number of thiazole rings is 1. The lowest BCUT2D eigenvalue weighted by molar-refractivity contribution is -0.184. The fourth-order valence-electron chi connectivity index (χ4n) is 2.25. The van der Waals surface area contributed by atoms with Crippen LogP contribution in [0.25, 0.3) is 10.9 Å². The van der Waals surface area contributed by atoms with Gasteiger partial charge in [-0.25, -0.2) is 4.98 Å². The quantitative estimate of drug-likeness (QED) is 0.625. The van der Waals surface area contributed by atoms with Crippen molar-refractivity contribution in [3.63, 3.8) is 0 Å². The van der Waals surface area contributed by atoms with Crippen LogP contribution in [0, 0.1) is 0 Å². The van der Waals surface area contributed by atoms with E-state index in [-0.39, 0.29) is 0 Å². The van der Waals surface area contributed by atoms with Gasteiger partial charge < -0.3 is 19.5 Å². The molecule has 8 heteroatoms. The minimum Gasteiger partial charge on any atom is -0.378 e. The van der Waals surface area contributed by atoms with E-state index in [1.54, 1.807) is 12.4 Å². The van der Waals surface area contributed by atoms with E-state index >= 15 is 0 Å². The third-order valence-corrected chi connectivity index (χ3v) is 5.92. The average Bonchev–Trinajstić information content (AvgIpc) is 3.11. The molecule has 3 N–H and O–H groups in total. The monoisotopic (exact) mass is 353 g/mol. The second kappa shape index (κ2) is 5.43. The molecule has 0 spiro atoms. The van der Waals surface area contributed by atoms with Crippen LogP contribution in [0.15, 0.2) is 34.8 Å². The van der Waals surface area contributed by atoms with Gasteiger partial charge in [0, 0.05) is 11.6 Å². The summed E-state index contributed by atoms with van der Waals surface area (Å²) in [7, 11) is 0. The summed E-state index contributed by atoms with van der Waals surface area (Å²) < 4.78 is 9.34. The Morgan fingerprint density at radius 2 is 2.32 bits per heavy atom. The molecule has 5 nitrogen and oxygen atoms in total. The molecule has 0 radical (unpaired) electrons. The Bertz CT molecular complexity index is 828. The first-order chi connectivity index (χ1) is 10.7. The summed E-state index contributed by atoms with van der Waals surface area (Å²) in [6.45, 7) is 0.636. The van der Waals surface area contributed by atoms with E-state index in [1.807, 2.05) is 18.2 Å². The maximum absolute atomic E-state index is 10.2. The molecule has 1 aromatic carbocycles. The number of H-pyrrole nitrogens is 1. The van der Waals surface area contributed by atoms with Crippen molar-refractivity contribution in [3.05, 3.63) is 40.6 Å². The Balaban J connectivity index is 1.52. The Morgan fingerprint density at radius 1 is 1.45 bits per heavy atom. The molecule has 0 aliphatic carbocycles. The highest BCUT2D eigenvalue weighted by molar-refractivity contribution is 8.02. The van der Waals surface area contributed by atoms with Crippen molar-refractivity contribution in [2.24, 2.45) is 0 Å². The lowest BCUT2D eigenvalue weighted by Crippen LogP contribution is -2.46. The van der Waals surface area contributed by atoms with E-state index in [9.17, 15) is 5.11 Å². The van der Waals surface area contributed by atoms with Gasteiger partial charge in [0.1, 0.15) is 9.22 Å². The number of halogens is 1. The van der Waals surface area contributed by atoms with Crippen LogP contribution in [0.4, 0.5) is 5.69 Å². The summed E-state index contributed by atoms with van der Waals surface area (Å²) in [5.41, 5.74) is 1.02. The fourth-order valence-corrected chi connectivity index (χ4v) is 4.19. The molecule has 4 rings (SSSR count). The number of rotatable bonds is 4. The van der Waals surface area contributed by atoms with Crippen LogP contribution in [-0.2, 0) is 10.3 Å². The standard InChI is InChI=1S/C14H12ClN3O2S2/c15-9-4-16-12-8(9)2-1-3-10(12)18-22-11-5-17-13(21-11)14(19)6-20-7-14/h1-5,16,18-19H,6-7H2. The Labute approximate surface area is 139 Å². The lowest BCUT2D eigenvalue weighted by Gasteiger charge is -2.34. The molecule has 1 aliphatic heterocycles. The fraction of sp³-hybridized carbons (Fsp3) is 0.214. The van der Waals surface area contributed by atoms with Crippen molar-refractivity contribution in [2.45, 2.75) is 9.81 Å². The van der Waals surface area contributed by atoms with Crippen molar-refractivity contribution in [2.75, 3.05) is 17.9 Å². The summed E-state index contributed by atoms with van der Waals surface area (Å²) in [6, 6.07) is 5.91. The van der Waals surface area contributed by atoms with Crippen molar-refractivity contribution < 1.29 is 9.84 Å². The molecule has 0 atom stereocenters. The largest absolute Gasteiger partial charge is 0.378 e. The van der Waals surface area contributed by atoms with E-state index in [0.717, 1.165) is 20.8 Å². The molecule has 2 aromatic heterocycles. The molecule has 0 unspecified atom stereocenters. The number of aromatic amines is 1. The number of hydrogen-bond acceptors (Lipinski definition) is 6. The van der Waals surface area contributed by atoms with Crippen molar-refractivity contribution in [1.29, 1.82) is 0 Å². The van der Waals surface area contributed by atoms with Gasteiger partial charge >= 0.3 is 0 Å². The van der Waals surface area contributed by atoms with Crippen LogP contribution >= 0.6 is 34.9 Å². The van der Waals surface area contributed by atoms with Crippen LogP contribution in [0.1, 0.15) is 5.01 Å². The molecular weight excluding hydrogens is 342 g/mol. The third kappa shape index (κ3) is 2.39. The zero-order chi connectivity index (χ0) is 15.2. The Hall–Kier alpha value is -1.25. The van der Waals surface area contributed by atoms with Gasteiger partial charge in [0.15, 0.2) is 5.60 Å². The van der Waals surface area contributed by atoms with Crippen LogP contribution in [-0.4, -0.2) is 28.3 Å². The van der Waals surface area contributed by atoms with Gasteiger partial charge in [-0.2, -0.15) is 0 Å². The summed E-state index contributed by atoms with van der Waals surface area (Å²) in [5.74, 6) is 0. The number of nitrogens with one attached hydrogen (secondary N) is 2. The number of hydrogen-bond donors (Lipinski definition) is 3. The second-order valence-corrected chi connectivity index (χ2v) is 7.62. The normalized spacial score (nSPS) is 16.6. The van der Waals surface area contributed by atoms with Crippen molar-refractivity contribution in [1.82, 2.24) is 9.97 Å². The number of aliphatic hydroxyl groups is 1. The highest BCUT2D eigenvalue weighted by Gasteiger charge is 2.40. The van der Waals surface area contributed by atoms with Gasteiger partial charge in [0.05, 0.1) is 35.6 Å². The molecule has 3 aromatic rings. The smallest absolute Gasteiger partial charge is 0.162 e. The van der Waals surface area contributed by atoms with E-state index < -0.39 is 5.60 Å². The first-order valence-electron chi connectivity index (χ1n) is 6.61. The number of anilines is 1. The maximum atomic E-state index is 10.2. The average molecular weight is 354 g/mol. The number of ether oxygens (including phenoxy) is 1. The van der Waals surface area contributed by atoms with Crippen molar-refractivity contribution in [3.8, 4) is 0 Å². The SMILES string of the molecule is OC1(c2ncc(SNc3cccc4c(Cl)c[nH]c34)s2)COC1. The van der Waals surface area contributed by atoms with Gasteiger partial charge in [0.25, 0.3) is 0 Å². The summed E-state index contributed by atoms with van der Waals surface area (Å²) in [5, 5.41) is 12.6. The molecule has 1 saturated heterocycles. The van der Waals surface area contributed by atoms with E-state index in [1.165, 1.54) is 23.3 Å². The first kappa shape index (κ1) is 14.3. The van der Waals surface area contributed by atoms with Gasteiger partial charge in [-0.3, -0.25) is 0 Å². The summed E-state index contributed by atoms with van der Waals surface area (Å²) in [4.78, 5) is 7.45. The molecule has 22 heavy (non-hydrogen) atoms. The van der Waals surface area contributed by atoms with Crippen LogP contribution in [0.5, 0.6) is 0 Å². The Morgan fingerprint density at radius 3 is 3.09 bits per heavy atom. The lowest BCUT2D eigenvalue weighted by atomic mass is 10.0. The zero-order valence-corrected chi connectivity index (χ0v) is 13.7. The van der Waals surface area contributed by atoms with Crippen molar-refractivity contribution >= 4 is 51.5 Å². The van der Waals surface area contributed by atoms with E-state index in [2.05, 4.69) is 14.7 Å². The minimum absolute atomic E-state index is 0.318. The number of para-hydroxylation sites is 1. The molecular formula is C14H12ClN3O2S2. The van der Waals surface area contributed by atoms with Crippen LogP contribution in [0.2, 0.25) is 5.02 Å². The number of nitrogens with zero attached hydrogens (tertiary/aromatic N) is 1. The second-order valence-electron chi connectivity index (χ2n) is 5.08. The van der Waals surface area contributed by atoms with Gasteiger partial charge in [-0.05, 0) is 18.0 Å². The molecule has 0 bridgehead atoms. The van der Waals surface area contributed by atoms with Crippen LogP contribution < -0.4 is 4.72 Å². The predicted molar refractivity (Wildman–Crippen MR) is 89.6 cm³/mol. The van der Waals surface area contributed by atoms with Gasteiger partial charge in [-0.1, -0.05) is 23.7 Å². The molecule has 3 heterocycles. The van der Waals surface area contributed by atoms with E-state index in [4.69, 9.17) is 16.3 Å². The molecule has 0 amide bonds. The summed E-state index contributed by atoms with van der Waals surface area (Å²) >= 11 is 9.05. The third-order valence-electron chi connectivity index (χ3n) is 3.49. The zero-order valence-electron chi connectivity index (χ0n) is 11.3. The maximum Gasteiger partial charge on any atom is 0.162 e. The molecule has 114 valence electrons. The van der Waals surface area contributed by atoms with E-state index in [0.29, 0.717) is 23.2 Å². The summed E-state index contributed by atoms with van der Waals surface area (Å²) in [6.07, 6.45) is 3.54. The first-order valence-corrected chi connectivity index (χ1v) is 8.62. The molecule has 1 aliphatic rings. The number of aromatic nitrogens is 2. The highest BCUT2D eigenvalue weighted by Crippen LogP contribution is 2.37. The molecule has 1 fully saturated rings. The molecule has 0 saturated carbocycles. The topological polar surface area (TPSA) is 70.2 Å². The van der Waals surface area contributed by atoms with Crippen LogP contribution in [0.3, 0.4) is 0 Å². The highest BCUT2D eigenvalue weighted by atomic mass is 35.5. The number of benzene rings is 1. The predicted octanol–water partition coefficient (Wildman–Crippen LogP) is 3.61. The van der Waals surface area contributed by atoms with Gasteiger partial charge in [0.2, 0.25) is 0 Å². The minimum atomic E-state index is -0.906. The Kier molecular flexibility index (Phi) is 3.54. The van der Waals surface area contributed by atoms with Gasteiger partial charge in [-0.15, -0.1) is 11.3 Å².